The number of carbonyl (C=O) groups is 2. The summed E-state index contributed by atoms with van der Waals surface area (Å²) in [6.45, 7) is 3.93. The maximum atomic E-state index is 13.2. The van der Waals surface area contributed by atoms with Crippen LogP contribution in [0.2, 0.25) is 5.02 Å². The van der Waals surface area contributed by atoms with Crippen LogP contribution in [0.1, 0.15) is 37.5 Å². The second-order valence-corrected chi connectivity index (χ2v) is 7.57. The first kappa shape index (κ1) is 19.7. The van der Waals surface area contributed by atoms with Gasteiger partial charge in [-0.15, -0.1) is 0 Å². The highest BCUT2D eigenvalue weighted by Crippen LogP contribution is 2.30. The number of nitrogens with zero attached hydrogens (tertiary/aromatic N) is 1. The predicted octanol–water partition coefficient (Wildman–Crippen LogP) is 5.28. The van der Waals surface area contributed by atoms with E-state index in [1.54, 1.807) is 53.1 Å². The number of fused-ring (bicyclic) bond motifs is 1. The second kappa shape index (κ2) is 7.69. The summed E-state index contributed by atoms with van der Waals surface area (Å²) in [6.07, 6.45) is 1.73. The number of benzene rings is 2. The Labute approximate surface area is 179 Å². The van der Waals surface area contributed by atoms with Gasteiger partial charge in [0.2, 0.25) is 5.78 Å². The van der Waals surface area contributed by atoms with Crippen LogP contribution in [0.4, 0.5) is 11.4 Å². The summed E-state index contributed by atoms with van der Waals surface area (Å²) in [4.78, 5) is 26.4. The first-order valence-corrected chi connectivity index (χ1v) is 9.82. The highest BCUT2D eigenvalue weighted by molar-refractivity contribution is 6.30. The summed E-state index contributed by atoms with van der Waals surface area (Å²) in [5.74, 6) is -0.642. The number of hydrogen-bond acceptors (Lipinski definition) is 3. The number of carbonyl (C=O) groups excluding carboxylic acids is 2. The molecule has 150 valence electrons. The Balaban J connectivity index is 1.82. The number of halogens is 1. The fourth-order valence-corrected chi connectivity index (χ4v) is 3.63. The lowest BCUT2D eigenvalue weighted by molar-refractivity contribution is 0.102. The molecule has 4 aromatic rings. The maximum Gasteiger partial charge on any atom is 0.259 e. The van der Waals surface area contributed by atoms with Crippen LogP contribution in [-0.4, -0.2) is 16.1 Å². The maximum absolute atomic E-state index is 13.2. The molecule has 0 fully saturated rings. The number of nitrogen functional groups attached to an aromatic ring is 1. The molecular weight excluding hydrogens is 398 g/mol. The third-order valence-corrected chi connectivity index (χ3v) is 5.53. The van der Waals surface area contributed by atoms with Gasteiger partial charge in [0.15, 0.2) is 0 Å². The summed E-state index contributed by atoms with van der Waals surface area (Å²) in [5, 5.41) is 3.47. The van der Waals surface area contributed by atoms with E-state index >= 15 is 0 Å². The zero-order valence-corrected chi connectivity index (χ0v) is 17.3. The molecule has 0 radical (unpaired) electrons. The van der Waals surface area contributed by atoms with Gasteiger partial charge in [-0.25, -0.2) is 0 Å². The Morgan fingerprint density at radius 2 is 1.70 bits per heavy atom. The van der Waals surface area contributed by atoms with Gasteiger partial charge in [-0.3, -0.25) is 9.59 Å². The van der Waals surface area contributed by atoms with Gasteiger partial charge in [0.1, 0.15) is 5.69 Å². The lowest BCUT2D eigenvalue weighted by Gasteiger charge is -2.10. The first-order valence-electron chi connectivity index (χ1n) is 9.45. The molecule has 0 saturated heterocycles. The number of pyridine rings is 1. The minimum absolute atomic E-state index is 0.143. The van der Waals surface area contributed by atoms with Gasteiger partial charge < -0.3 is 15.5 Å². The van der Waals surface area contributed by atoms with Crippen LogP contribution in [0.25, 0.3) is 5.52 Å². The SMILES string of the molecule is Cc1cccc(NC(=O)c2c(N)c(C(=O)c3ccc(Cl)cc3)n3ccccc23)c1C. The molecule has 4 rings (SSSR count). The standard InChI is InChI=1S/C24H20ClN3O2/c1-14-6-5-7-18(15(14)2)27-24(30)20-19-8-3-4-13-28(19)22(21(20)26)23(29)16-9-11-17(25)12-10-16/h3-13H,26H2,1-2H3,(H,27,30). The quantitative estimate of drug-likeness (QED) is 0.444. The number of rotatable bonds is 4. The van der Waals surface area contributed by atoms with Crippen molar-refractivity contribution in [3.05, 3.63) is 99.8 Å². The number of nitrogens with one attached hydrogen (secondary N) is 1. The zero-order valence-electron chi connectivity index (χ0n) is 16.6. The Morgan fingerprint density at radius 3 is 2.43 bits per heavy atom. The van der Waals surface area contributed by atoms with Crippen molar-refractivity contribution in [3.8, 4) is 0 Å². The summed E-state index contributed by atoms with van der Waals surface area (Å²) >= 11 is 5.94. The summed E-state index contributed by atoms with van der Waals surface area (Å²) in [6, 6.07) is 17.7. The molecule has 0 saturated carbocycles. The minimum Gasteiger partial charge on any atom is -0.396 e. The van der Waals surface area contributed by atoms with Crippen molar-refractivity contribution in [3.63, 3.8) is 0 Å². The average Bonchev–Trinajstić information content (AvgIpc) is 3.03. The van der Waals surface area contributed by atoms with E-state index in [9.17, 15) is 9.59 Å². The first-order chi connectivity index (χ1) is 14.4. The fraction of sp³-hybridized carbons (Fsp3) is 0.0833. The molecule has 2 aromatic carbocycles. The van der Waals surface area contributed by atoms with Crippen LogP contribution >= 0.6 is 11.6 Å². The molecule has 0 spiro atoms. The largest absolute Gasteiger partial charge is 0.396 e. The number of ketones is 1. The Bertz CT molecular complexity index is 1290. The van der Waals surface area contributed by atoms with Crippen molar-refractivity contribution in [2.45, 2.75) is 13.8 Å². The Kier molecular flexibility index (Phi) is 5.06. The molecule has 0 aliphatic rings. The number of aromatic nitrogens is 1. The minimum atomic E-state index is -0.361. The smallest absolute Gasteiger partial charge is 0.259 e. The van der Waals surface area contributed by atoms with Gasteiger partial charge in [-0.1, -0.05) is 29.8 Å². The summed E-state index contributed by atoms with van der Waals surface area (Å²) in [7, 11) is 0. The number of anilines is 2. The van der Waals surface area contributed by atoms with Crippen LogP contribution in [-0.2, 0) is 0 Å². The molecule has 30 heavy (non-hydrogen) atoms. The summed E-state index contributed by atoms with van der Waals surface area (Å²) < 4.78 is 1.66. The van der Waals surface area contributed by atoms with Gasteiger partial charge in [-0.2, -0.15) is 0 Å². The van der Waals surface area contributed by atoms with E-state index in [1.807, 2.05) is 32.0 Å². The normalized spacial score (nSPS) is 10.9. The highest BCUT2D eigenvalue weighted by atomic mass is 35.5. The molecule has 1 amide bonds. The number of hydrogen-bond donors (Lipinski definition) is 2. The van der Waals surface area contributed by atoms with Crippen LogP contribution in [0, 0.1) is 13.8 Å². The highest BCUT2D eigenvalue weighted by Gasteiger charge is 2.26. The van der Waals surface area contributed by atoms with E-state index in [1.165, 1.54) is 0 Å². The van der Waals surface area contributed by atoms with Gasteiger partial charge in [-0.05, 0) is 67.4 Å². The van der Waals surface area contributed by atoms with E-state index in [-0.39, 0.29) is 28.6 Å². The molecule has 0 unspecified atom stereocenters. The van der Waals surface area contributed by atoms with E-state index in [0.29, 0.717) is 21.8 Å². The van der Waals surface area contributed by atoms with Crippen molar-refractivity contribution in [2.24, 2.45) is 0 Å². The van der Waals surface area contributed by atoms with E-state index in [4.69, 9.17) is 17.3 Å². The van der Waals surface area contributed by atoms with E-state index in [0.717, 1.165) is 11.1 Å². The molecule has 0 aliphatic carbocycles. The summed E-state index contributed by atoms with van der Waals surface area (Å²) in [5.41, 5.74) is 10.8. The average molecular weight is 418 g/mol. The zero-order chi connectivity index (χ0) is 21.4. The predicted molar refractivity (Wildman–Crippen MR) is 121 cm³/mol. The Hall–Kier alpha value is -3.57. The van der Waals surface area contributed by atoms with Crippen molar-refractivity contribution in [2.75, 3.05) is 11.1 Å². The topological polar surface area (TPSA) is 76.6 Å². The number of amides is 1. The monoisotopic (exact) mass is 417 g/mol. The van der Waals surface area contributed by atoms with Crippen LogP contribution in [0.5, 0.6) is 0 Å². The Morgan fingerprint density at radius 1 is 0.967 bits per heavy atom. The fourth-order valence-electron chi connectivity index (χ4n) is 3.51. The molecule has 0 aliphatic heterocycles. The third-order valence-electron chi connectivity index (χ3n) is 5.28. The van der Waals surface area contributed by atoms with Crippen LogP contribution in [0.15, 0.2) is 66.9 Å². The number of nitrogens with two attached hydrogens (primary N) is 1. The molecule has 2 aromatic heterocycles. The molecule has 2 heterocycles. The third kappa shape index (κ3) is 3.33. The van der Waals surface area contributed by atoms with Crippen molar-refractivity contribution in [1.29, 1.82) is 0 Å². The molecule has 0 bridgehead atoms. The van der Waals surface area contributed by atoms with Crippen molar-refractivity contribution >= 4 is 40.2 Å². The lowest BCUT2D eigenvalue weighted by Crippen LogP contribution is -2.15. The molecule has 5 nitrogen and oxygen atoms in total. The van der Waals surface area contributed by atoms with Crippen molar-refractivity contribution in [1.82, 2.24) is 4.40 Å². The van der Waals surface area contributed by atoms with E-state index in [2.05, 4.69) is 5.32 Å². The van der Waals surface area contributed by atoms with Gasteiger partial charge >= 0.3 is 0 Å². The van der Waals surface area contributed by atoms with E-state index < -0.39 is 0 Å². The van der Waals surface area contributed by atoms with Crippen molar-refractivity contribution < 1.29 is 9.59 Å². The molecular formula is C24H20ClN3O2. The second-order valence-electron chi connectivity index (χ2n) is 7.13. The van der Waals surface area contributed by atoms with Gasteiger partial charge in [0.05, 0.1) is 16.8 Å². The van der Waals surface area contributed by atoms with Gasteiger partial charge in [0, 0.05) is 22.5 Å². The molecule has 3 N–H and O–H groups in total. The lowest BCUT2D eigenvalue weighted by atomic mass is 10.1. The van der Waals surface area contributed by atoms with Gasteiger partial charge in [0.25, 0.3) is 5.91 Å². The molecule has 6 heteroatoms. The number of aryl methyl sites for hydroxylation is 1. The van der Waals surface area contributed by atoms with Crippen LogP contribution in [0.3, 0.4) is 0 Å². The van der Waals surface area contributed by atoms with Crippen LogP contribution < -0.4 is 11.1 Å². The molecule has 0 atom stereocenters.